The Bertz CT molecular complexity index is 655. The Labute approximate surface area is 140 Å². The highest BCUT2D eigenvalue weighted by atomic mass is 79.9. The van der Waals surface area contributed by atoms with Crippen LogP contribution in [0.25, 0.3) is 0 Å². The van der Waals surface area contributed by atoms with Crippen molar-refractivity contribution in [2.75, 3.05) is 30.2 Å². The Morgan fingerprint density at radius 1 is 1.27 bits per heavy atom. The molecule has 0 spiro atoms. The molecule has 0 unspecified atom stereocenters. The van der Waals surface area contributed by atoms with E-state index in [1.54, 1.807) is 17.0 Å². The fourth-order valence-corrected chi connectivity index (χ4v) is 3.71. The first-order chi connectivity index (χ1) is 10.3. The highest BCUT2D eigenvalue weighted by molar-refractivity contribution is 9.10. The van der Waals surface area contributed by atoms with Crippen molar-refractivity contribution >= 4 is 37.5 Å². The van der Waals surface area contributed by atoms with E-state index in [2.05, 4.69) is 15.9 Å². The van der Waals surface area contributed by atoms with E-state index in [-0.39, 0.29) is 12.5 Å². The Kier molecular flexibility index (Phi) is 5.50. The third kappa shape index (κ3) is 4.23. The summed E-state index contributed by atoms with van der Waals surface area (Å²) in [5.41, 5.74) is 1.52. The predicted molar refractivity (Wildman–Crippen MR) is 91.5 cm³/mol. The molecule has 1 aromatic rings. The van der Waals surface area contributed by atoms with E-state index in [4.69, 9.17) is 0 Å². The molecule has 1 heterocycles. The molecule has 0 bridgehead atoms. The average molecular weight is 389 g/mol. The van der Waals surface area contributed by atoms with Crippen molar-refractivity contribution in [3.8, 4) is 0 Å². The Morgan fingerprint density at radius 3 is 2.45 bits per heavy atom. The number of halogens is 1. The van der Waals surface area contributed by atoms with Gasteiger partial charge in [-0.3, -0.25) is 9.10 Å². The predicted octanol–water partition coefficient (Wildman–Crippen LogP) is 2.54. The molecule has 7 heteroatoms. The second kappa shape index (κ2) is 7.00. The van der Waals surface area contributed by atoms with E-state index in [0.717, 1.165) is 35.6 Å². The first-order valence-corrected chi connectivity index (χ1v) is 9.95. The molecule has 1 amide bonds. The number of likely N-dealkylation sites (tertiary alicyclic amines) is 1. The number of nitrogens with zero attached hydrogens (tertiary/aromatic N) is 2. The van der Waals surface area contributed by atoms with Gasteiger partial charge < -0.3 is 4.90 Å². The van der Waals surface area contributed by atoms with E-state index in [1.807, 2.05) is 13.0 Å². The first kappa shape index (κ1) is 17.3. The zero-order valence-corrected chi connectivity index (χ0v) is 15.3. The van der Waals surface area contributed by atoms with Crippen molar-refractivity contribution in [3.05, 3.63) is 28.2 Å². The molecule has 0 aliphatic carbocycles. The number of piperidine rings is 1. The van der Waals surface area contributed by atoms with E-state index < -0.39 is 10.0 Å². The number of anilines is 1. The maximum atomic E-state index is 12.4. The standard InChI is InChI=1S/C15H21BrN2O3S/c1-12-6-7-13(10-14(12)16)18(22(2,20)21)11-15(19)17-8-4-3-5-9-17/h6-7,10H,3-5,8-9,11H2,1-2H3. The number of aryl methyl sites for hydroxylation is 1. The van der Waals surface area contributed by atoms with Crippen LogP contribution in [0, 0.1) is 6.92 Å². The third-order valence-corrected chi connectivity index (χ3v) is 5.83. The maximum Gasteiger partial charge on any atom is 0.243 e. The van der Waals surface area contributed by atoms with Crippen molar-refractivity contribution < 1.29 is 13.2 Å². The molecule has 0 atom stereocenters. The maximum absolute atomic E-state index is 12.4. The van der Waals surface area contributed by atoms with Crippen LogP contribution >= 0.6 is 15.9 Å². The quantitative estimate of drug-likeness (QED) is 0.795. The van der Waals surface area contributed by atoms with Crippen molar-refractivity contribution in [1.82, 2.24) is 4.90 Å². The first-order valence-electron chi connectivity index (χ1n) is 7.30. The average Bonchev–Trinajstić information content (AvgIpc) is 2.47. The van der Waals surface area contributed by atoms with Gasteiger partial charge in [-0.2, -0.15) is 0 Å². The number of carbonyl (C=O) groups excluding carboxylic acids is 1. The molecular weight excluding hydrogens is 368 g/mol. The van der Waals surface area contributed by atoms with Crippen LogP contribution in [0.4, 0.5) is 5.69 Å². The third-order valence-electron chi connectivity index (χ3n) is 3.83. The van der Waals surface area contributed by atoms with Gasteiger partial charge in [-0.1, -0.05) is 22.0 Å². The van der Waals surface area contributed by atoms with Crippen LogP contribution in [0.1, 0.15) is 24.8 Å². The van der Waals surface area contributed by atoms with Crippen LogP contribution in [0.2, 0.25) is 0 Å². The molecule has 122 valence electrons. The topological polar surface area (TPSA) is 57.7 Å². The minimum Gasteiger partial charge on any atom is -0.341 e. The summed E-state index contributed by atoms with van der Waals surface area (Å²) in [6.45, 7) is 3.22. The van der Waals surface area contributed by atoms with Gasteiger partial charge in [0.15, 0.2) is 0 Å². The van der Waals surface area contributed by atoms with Crippen molar-refractivity contribution in [1.29, 1.82) is 0 Å². The Hall–Kier alpha value is -1.08. The number of benzene rings is 1. The molecule has 0 aromatic heterocycles. The van der Waals surface area contributed by atoms with Crippen LogP contribution in [-0.2, 0) is 14.8 Å². The summed E-state index contributed by atoms with van der Waals surface area (Å²) < 4.78 is 26.2. The second-order valence-corrected chi connectivity index (χ2v) is 8.41. The van der Waals surface area contributed by atoms with Crippen LogP contribution < -0.4 is 4.31 Å². The molecule has 1 aliphatic heterocycles. The molecule has 1 aliphatic rings. The summed E-state index contributed by atoms with van der Waals surface area (Å²) in [5, 5.41) is 0. The van der Waals surface area contributed by atoms with Gasteiger partial charge in [0.05, 0.1) is 11.9 Å². The van der Waals surface area contributed by atoms with Gasteiger partial charge in [0.2, 0.25) is 15.9 Å². The van der Waals surface area contributed by atoms with Crippen LogP contribution in [0.5, 0.6) is 0 Å². The summed E-state index contributed by atoms with van der Waals surface area (Å²) in [6, 6.07) is 5.30. The van der Waals surface area contributed by atoms with Crippen molar-refractivity contribution in [2.45, 2.75) is 26.2 Å². The lowest BCUT2D eigenvalue weighted by atomic mass is 10.1. The molecule has 1 saturated heterocycles. The molecular formula is C15H21BrN2O3S. The smallest absolute Gasteiger partial charge is 0.243 e. The minimum absolute atomic E-state index is 0.137. The lowest BCUT2D eigenvalue weighted by molar-refractivity contribution is -0.130. The fourth-order valence-electron chi connectivity index (χ4n) is 2.50. The zero-order chi connectivity index (χ0) is 16.3. The molecule has 5 nitrogen and oxygen atoms in total. The van der Waals surface area contributed by atoms with Gasteiger partial charge >= 0.3 is 0 Å². The summed E-state index contributed by atoms with van der Waals surface area (Å²) >= 11 is 3.41. The normalized spacial score (nSPS) is 15.7. The molecule has 0 N–H and O–H groups in total. The van der Waals surface area contributed by atoms with Crippen LogP contribution in [-0.4, -0.2) is 45.1 Å². The minimum atomic E-state index is -3.52. The summed E-state index contributed by atoms with van der Waals surface area (Å²) in [7, 11) is -3.52. The van der Waals surface area contributed by atoms with Gasteiger partial charge in [0.1, 0.15) is 6.54 Å². The van der Waals surface area contributed by atoms with Crippen LogP contribution in [0.15, 0.2) is 22.7 Å². The monoisotopic (exact) mass is 388 g/mol. The van der Waals surface area contributed by atoms with Crippen molar-refractivity contribution in [3.63, 3.8) is 0 Å². The molecule has 1 aromatic carbocycles. The SMILES string of the molecule is Cc1ccc(N(CC(=O)N2CCCCC2)S(C)(=O)=O)cc1Br. The lowest BCUT2D eigenvalue weighted by Gasteiger charge is -2.30. The zero-order valence-electron chi connectivity index (χ0n) is 12.9. The summed E-state index contributed by atoms with van der Waals surface area (Å²) in [5.74, 6) is -0.137. The number of sulfonamides is 1. The molecule has 22 heavy (non-hydrogen) atoms. The van der Waals surface area contributed by atoms with E-state index in [9.17, 15) is 13.2 Å². The molecule has 0 radical (unpaired) electrons. The molecule has 0 saturated carbocycles. The van der Waals surface area contributed by atoms with E-state index >= 15 is 0 Å². The van der Waals surface area contributed by atoms with Crippen molar-refractivity contribution in [2.24, 2.45) is 0 Å². The number of carbonyl (C=O) groups is 1. The van der Waals surface area contributed by atoms with E-state index in [0.29, 0.717) is 18.8 Å². The number of rotatable bonds is 4. The van der Waals surface area contributed by atoms with Gasteiger partial charge in [0, 0.05) is 17.6 Å². The largest absolute Gasteiger partial charge is 0.341 e. The van der Waals surface area contributed by atoms with Gasteiger partial charge in [-0.15, -0.1) is 0 Å². The number of amides is 1. The number of hydrogen-bond donors (Lipinski definition) is 0. The summed E-state index contributed by atoms with van der Waals surface area (Å²) in [4.78, 5) is 14.1. The summed E-state index contributed by atoms with van der Waals surface area (Å²) in [6.07, 6.45) is 4.23. The number of hydrogen-bond acceptors (Lipinski definition) is 3. The Morgan fingerprint density at radius 2 is 1.91 bits per heavy atom. The molecule has 1 fully saturated rings. The molecule has 2 rings (SSSR count). The lowest BCUT2D eigenvalue weighted by Crippen LogP contribution is -2.44. The second-order valence-electron chi connectivity index (χ2n) is 5.64. The highest BCUT2D eigenvalue weighted by Crippen LogP contribution is 2.25. The van der Waals surface area contributed by atoms with Gasteiger partial charge in [0.25, 0.3) is 0 Å². The van der Waals surface area contributed by atoms with Gasteiger partial charge in [-0.05, 0) is 43.9 Å². The fraction of sp³-hybridized carbons (Fsp3) is 0.533. The highest BCUT2D eigenvalue weighted by Gasteiger charge is 2.25. The Balaban J connectivity index is 2.23. The van der Waals surface area contributed by atoms with Gasteiger partial charge in [-0.25, -0.2) is 8.42 Å². The van der Waals surface area contributed by atoms with Crippen LogP contribution in [0.3, 0.4) is 0 Å². The van der Waals surface area contributed by atoms with E-state index in [1.165, 1.54) is 4.31 Å².